The van der Waals surface area contributed by atoms with Crippen molar-refractivity contribution in [3.8, 4) is 5.75 Å². The Balaban J connectivity index is 1.25. The van der Waals surface area contributed by atoms with Gasteiger partial charge in [0.25, 0.3) is 5.91 Å². The van der Waals surface area contributed by atoms with Crippen LogP contribution < -0.4 is 9.64 Å². The molecule has 0 N–H and O–H groups in total. The van der Waals surface area contributed by atoms with Crippen molar-refractivity contribution < 1.29 is 22.5 Å². The Hall–Kier alpha value is -3.37. The summed E-state index contributed by atoms with van der Waals surface area (Å²) in [6.07, 6.45) is 4.12. The van der Waals surface area contributed by atoms with E-state index in [-0.39, 0.29) is 16.6 Å². The predicted molar refractivity (Wildman–Crippen MR) is 139 cm³/mol. The van der Waals surface area contributed by atoms with E-state index in [9.17, 15) is 13.2 Å². The van der Waals surface area contributed by atoms with Gasteiger partial charge in [-0.05, 0) is 48.9 Å². The monoisotopic (exact) mass is 524 g/mol. The Labute approximate surface area is 217 Å². The van der Waals surface area contributed by atoms with Crippen molar-refractivity contribution in [3.63, 3.8) is 0 Å². The van der Waals surface area contributed by atoms with E-state index in [2.05, 4.69) is 22.2 Å². The van der Waals surface area contributed by atoms with E-state index < -0.39 is 10.0 Å². The molecule has 0 saturated carbocycles. The van der Waals surface area contributed by atoms with Gasteiger partial charge in [0.2, 0.25) is 15.8 Å². The summed E-state index contributed by atoms with van der Waals surface area (Å²) in [5.74, 6) is 1.11. The van der Waals surface area contributed by atoms with Gasteiger partial charge >= 0.3 is 0 Å². The summed E-state index contributed by atoms with van der Waals surface area (Å²) < 4.78 is 39.3. The molecule has 0 unspecified atom stereocenters. The number of anilines is 1. The average molecular weight is 525 g/mol. The Morgan fingerprint density at radius 3 is 2.38 bits per heavy atom. The summed E-state index contributed by atoms with van der Waals surface area (Å²) in [7, 11) is -2.05. The molecule has 5 rings (SSSR count). The van der Waals surface area contributed by atoms with Gasteiger partial charge in [0.15, 0.2) is 0 Å². The molecule has 37 heavy (non-hydrogen) atoms. The molecule has 2 aliphatic rings. The number of nitrogens with zero attached hydrogens (tertiary/aromatic N) is 4. The molecule has 9 nitrogen and oxygen atoms in total. The second-order valence-electron chi connectivity index (χ2n) is 9.53. The number of carbonyl (C=O) groups excluding carboxylic acids is 1. The highest BCUT2D eigenvalue weighted by Gasteiger charge is 2.31. The molecule has 3 heterocycles. The van der Waals surface area contributed by atoms with Crippen LogP contribution in [0.15, 0.2) is 70.2 Å². The quantitative estimate of drug-likeness (QED) is 0.468. The Bertz CT molecular complexity index is 1300. The number of sulfonamides is 1. The molecular formula is C27H32N4O5S. The predicted octanol–water partition coefficient (Wildman–Crippen LogP) is 3.29. The summed E-state index contributed by atoms with van der Waals surface area (Å²) in [6.45, 7) is 3.09. The zero-order chi connectivity index (χ0) is 25.8. The Kier molecular flexibility index (Phi) is 7.48. The maximum Gasteiger partial charge on any atom is 0.292 e. The maximum atomic E-state index is 13.6. The molecule has 0 spiro atoms. The molecule has 10 heteroatoms. The van der Waals surface area contributed by atoms with E-state index >= 15 is 0 Å². The maximum absolute atomic E-state index is 13.6. The van der Waals surface area contributed by atoms with Crippen molar-refractivity contribution in [3.05, 3.63) is 72.1 Å². The number of piperidine rings is 1. The van der Waals surface area contributed by atoms with Gasteiger partial charge in [-0.15, -0.1) is 0 Å². The number of hydrogen-bond acceptors (Lipinski definition) is 7. The van der Waals surface area contributed by atoms with Gasteiger partial charge in [0, 0.05) is 45.3 Å². The van der Waals surface area contributed by atoms with Crippen LogP contribution >= 0.6 is 0 Å². The molecular weight excluding hydrogens is 492 g/mol. The van der Waals surface area contributed by atoms with Crippen LogP contribution in [0.1, 0.15) is 29.0 Å². The molecule has 2 aliphatic heterocycles. The number of hydrogen-bond donors (Lipinski definition) is 0. The van der Waals surface area contributed by atoms with Crippen LogP contribution in [-0.2, 0) is 16.4 Å². The number of amides is 1. The first kappa shape index (κ1) is 25.3. The lowest BCUT2D eigenvalue weighted by Gasteiger charge is -2.36. The third-order valence-corrected chi connectivity index (χ3v) is 9.18. The fourth-order valence-corrected chi connectivity index (χ4v) is 6.65. The zero-order valence-corrected chi connectivity index (χ0v) is 21.8. The van der Waals surface area contributed by atoms with Crippen LogP contribution in [0.3, 0.4) is 0 Å². The number of ether oxygens (including phenoxy) is 1. The first-order chi connectivity index (χ1) is 18.0. The molecule has 0 aliphatic carbocycles. The Morgan fingerprint density at radius 2 is 1.73 bits per heavy atom. The molecule has 0 bridgehead atoms. The van der Waals surface area contributed by atoms with Crippen molar-refractivity contribution in [2.45, 2.75) is 24.2 Å². The van der Waals surface area contributed by atoms with Crippen molar-refractivity contribution in [1.82, 2.24) is 14.4 Å². The number of benzene rings is 2. The highest BCUT2D eigenvalue weighted by atomic mass is 32.2. The topological polar surface area (TPSA) is 96.2 Å². The lowest BCUT2D eigenvalue weighted by molar-refractivity contribution is 0.0704. The van der Waals surface area contributed by atoms with Crippen molar-refractivity contribution >= 4 is 21.6 Å². The van der Waals surface area contributed by atoms with Crippen LogP contribution in [-0.4, -0.2) is 75.1 Å². The summed E-state index contributed by atoms with van der Waals surface area (Å²) in [6, 6.07) is 17.0. The molecule has 0 atom stereocenters. The van der Waals surface area contributed by atoms with Gasteiger partial charge in [-0.3, -0.25) is 4.79 Å². The fraction of sp³-hybridized carbons (Fsp3) is 0.407. The summed E-state index contributed by atoms with van der Waals surface area (Å²) in [4.78, 5) is 16.6. The largest absolute Gasteiger partial charge is 0.495 e. The van der Waals surface area contributed by atoms with Gasteiger partial charge in [0.1, 0.15) is 5.75 Å². The minimum absolute atomic E-state index is 0.198. The van der Waals surface area contributed by atoms with E-state index in [1.807, 2.05) is 18.2 Å². The lowest BCUT2D eigenvalue weighted by Crippen LogP contribution is -2.48. The van der Waals surface area contributed by atoms with Gasteiger partial charge in [0.05, 0.1) is 23.9 Å². The van der Waals surface area contributed by atoms with E-state index in [4.69, 9.17) is 9.26 Å². The standard InChI is InChI=1S/C27H32N4O5S/c1-35-25-8-7-23(20-24(25)29-15-17-30(18-16-29)27(32)26-9-12-28-36-26)37(33,34)31-13-10-22(11-14-31)19-21-5-3-2-4-6-21/h2-9,12,20,22H,10-11,13-19H2,1H3. The van der Waals surface area contributed by atoms with Crippen LogP contribution in [0.25, 0.3) is 0 Å². The van der Waals surface area contributed by atoms with E-state index in [1.54, 1.807) is 40.6 Å². The molecule has 2 saturated heterocycles. The first-order valence-corrected chi connectivity index (χ1v) is 14.1. The van der Waals surface area contributed by atoms with E-state index in [1.165, 1.54) is 11.8 Å². The molecule has 2 aromatic carbocycles. The average Bonchev–Trinajstić information content (AvgIpc) is 3.48. The summed E-state index contributed by atoms with van der Waals surface area (Å²) >= 11 is 0. The third kappa shape index (κ3) is 5.50. The van der Waals surface area contributed by atoms with Crippen LogP contribution in [0.5, 0.6) is 5.75 Å². The molecule has 3 aromatic rings. The van der Waals surface area contributed by atoms with Gasteiger partial charge in [-0.1, -0.05) is 35.5 Å². The lowest BCUT2D eigenvalue weighted by atomic mass is 9.91. The van der Waals surface area contributed by atoms with Crippen molar-refractivity contribution in [1.29, 1.82) is 0 Å². The highest BCUT2D eigenvalue weighted by molar-refractivity contribution is 7.89. The summed E-state index contributed by atoms with van der Waals surface area (Å²) in [5, 5.41) is 3.61. The van der Waals surface area contributed by atoms with Crippen LogP contribution in [0.2, 0.25) is 0 Å². The molecule has 2 fully saturated rings. The molecule has 196 valence electrons. The summed E-state index contributed by atoms with van der Waals surface area (Å²) in [5.41, 5.74) is 2.01. The number of aromatic nitrogens is 1. The second kappa shape index (κ2) is 10.9. The Morgan fingerprint density at radius 1 is 1.00 bits per heavy atom. The van der Waals surface area contributed by atoms with Crippen LogP contribution in [0.4, 0.5) is 5.69 Å². The minimum atomic E-state index is -3.63. The van der Waals surface area contributed by atoms with Gasteiger partial charge in [-0.25, -0.2) is 8.42 Å². The number of piperazine rings is 1. The third-order valence-electron chi connectivity index (χ3n) is 7.28. The van der Waals surface area contributed by atoms with E-state index in [0.29, 0.717) is 56.6 Å². The second-order valence-corrected chi connectivity index (χ2v) is 11.5. The van der Waals surface area contributed by atoms with E-state index in [0.717, 1.165) is 19.3 Å². The normalized spacial score (nSPS) is 17.6. The molecule has 0 radical (unpaired) electrons. The fourth-order valence-electron chi connectivity index (χ4n) is 5.16. The van der Waals surface area contributed by atoms with Gasteiger partial charge < -0.3 is 19.1 Å². The minimum Gasteiger partial charge on any atom is -0.495 e. The van der Waals surface area contributed by atoms with Gasteiger partial charge in [-0.2, -0.15) is 4.31 Å². The number of methoxy groups -OCH3 is 1. The first-order valence-electron chi connectivity index (χ1n) is 12.6. The van der Waals surface area contributed by atoms with Crippen LogP contribution in [0, 0.1) is 5.92 Å². The number of rotatable bonds is 7. The molecule has 1 amide bonds. The molecule has 1 aromatic heterocycles. The zero-order valence-electron chi connectivity index (χ0n) is 21.0. The SMILES string of the molecule is COc1ccc(S(=O)(=O)N2CCC(Cc3ccccc3)CC2)cc1N1CCN(C(=O)c2ccno2)CC1. The highest BCUT2D eigenvalue weighted by Crippen LogP contribution is 2.34. The van der Waals surface area contributed by atoms with Crippen molar-refractivity contribution in [2.75, 3.05) is 51.3 Å². The smallest absolute Gasteiger partial charge is 0.292 e. The van der Waals surface area contributed by atoms with Crippen molar-refractivity contribution in [2.24, 2.45) is 5.92 Å². The number of carbonyl (C=O) groups is 1.